The van der Waals surface area contributed by atoms with Gasteiger partial charge in [-0.05, 0) is 49.6 Å². The van der Waals surface area contributed by atoms with Gasteiger partial charge in [-0.3, -0.25) is 0 Å². The molecule has 96 valence electrons. The Morgan fingerprint density at radius 2 is 2.11 bits per heavy atom. The first-order valence-electron chi connectivity index (χ1n) is 6.52. The first-order valence-corrected chi connectivity index (χ1v) is 6.52. The van der Waals surface area contributed by atoms with E-state index in [0.717, 1.165) is 19.5 Å². The number of benzene rings is 1. The van der Waals surface area contributed by atoms with Crippen LogP contribution in [0.4, 0.5) is 0 Å². The first kappa shape index (κ1) is 12.8. The Kier molecular flexibility index (Phi) is 4.15. The molecule has 1 N–H and O–H groups in total. The Hall–Kier alpha value is -1.61. The molecular formula is C15H21N3. The predicted octanol–water partition coefficient (Wildman–Crippen LogP) is 2.99. The lowest BCUT2D eigenvalue weighted by Gasteiger charge is -2.09. The molecule has 0 bridgehead atoms. The summed E-state index contributed by atoms with van der Waals surface area (Å²) in [5.74, 6) is 0. The average Bonchev–Trinajstić information content (AvgIpc) is 2.78. The van der Waals surface area contributed by atoms with Crippen molar-refractivity contribution in [1.29, 1.82) is 0 Å². The van der Waals surface area contributed by atoms with Gasteiger partial charge in [0.2, 0.25) is 0 Å². The maximum absolute atomic E-state index is 4.38. The van der Waals surface area contributed by atoms with Gasteiger partial charge in [-0.15, -0.1) is 0 Å². The third-order valence-corrected chi connectivity index (χ3v) is 2.99. The van der Waals surface area contributed by atoms with Crippen LogP contribution >= 0.6 is 0 Å². The second kappa shape index (κ2) is 5.83. The molecule has 3 nitrogen and oxygen atoms in total. The maximum Gasteiger partial charge on any atom is 0.0678 e. The van der Waals surface area contributed by atoms with E-state index in [1.807, 2.05) is 10.9 Å². The molecule has 0 radical (unpaired) electrons. The molecule has 0 unspecified atom stereocenters. The second-order valence-corrected chi connectivity index (χ2v) is 4.76. The SMILES string of the molecule is CCCNCc1ccc(C)c(-n2cc(C)cn2)c1. The molecule has 0 aliphatic rings. The third kappa shape index (κ3) is 2.99. The fourth-order valence-corrected chi connectivity index (χ4v) is 1.97. The molecule has 1 aromatic carbocycles. The van der Waals surface area contributed by atoms with E-state index in [0.29, 0.717) is 0 Å². The highest BCUT2D eigenvalue weighted by Crippen LogP contribution is 2.16. The Bertz CT molecular complexity index is 514. The van der Waals surface area contributed by atoms with Crippen molar-refractivity contribution in [3.8, 4) is 5.69 Å². The summed E-state index contributed by atoms with van der Waals surface area (Å²) in [7, 11) is 0. The van der Waals surface area contributed by atoms with Crippen molar-refractivity contribution in [3.63, 3.8) is 0 Å². The van der Waals surface area contributed by atoms with E-state index < -0.39 is 0 Å². The molecule has 0 saturated carbocycles. The van der Waals surface area contributed by atoms with Crippen LogP contribution in [-0.4, -0.2) is 16.3 Å². The van der Waals surface area contributed by atoms with Crippen molar-refractivity contribution in [3.05, 3.63) is 47.3 Å². The summed E-state index contributed by atoms with van der Waals surface area (Å²) >= 11 is 0. The molecule has 0 saturated heterocycles. The zero-order chi connectivity index (χ0) is 13.0. The number of rotatable bonds is 5. The summed E-state index contributed by atoms with van der Waals surface area (Å²) in [6.07, 6.45) is 5.12. The number of hydrogen-bond donors (Lipinski definition) is 1. The summed E-state index contributed by atoms with van der Waals surface area (Å²) in [4.78, 5) is 0. The van der Waals surface area contributed by atoms with Crippen molar-refractivity contribution >= 4 is 0 Å². The highest BCUT2D eigenvalue weighted by Gasteiger charge is 2.04. The molecule has 1 heterocycles. The zero-order valence-electron chi connectivity index (χ0n) is 11.4. The zero-order valence-corrected chi connectivity index (χ0v) is 11.4. The van der Waals surface area contributed by atoms with E-state index in [-0.39, 0.29) is 0 Å². The fourth-order valence-electron chi connectivity index (χ4n) is 1.97. The van der Waals surface area contributed by atoms with Gasteiger partial charge >= 0.3 is 0 Å². The highest BCUT2D eigenvalue weighted by molar-refractivity contribution is 5.43. The number of hydrogen-bond acceptors (Lipinski definition) is 2. The average molecular weight is 243 g/mol. The molecule has 18 heavy (non-hydrogen) atoms. The lowest BCUT2D eigenvalue weighted by atomic mass is 10.1. The van der Waals surface area contributed by atoms with E-state index in [9.17, 15) is 0 Å². The van der Waals surface area contributed by atoms with E-state index in [2.05, 4.69) is 55.6 Å². The molecule has 0 aliphatic heterocycles. The van der Waals surface area contributed by atoms with Crippen molar-refractivity contribution < 1.29 is 0 Å². The van der Waals surface area contributed by atoms with Crippen LogP contribution in [0, 0.1) is 13.8 Å². The van der Waals surface area contributed by atoms with E-state index in [1.54, 1.807) is 0 Å². The van der Waals surface area contributed by atoms with Gasteiger partial charge in [-0.25, -0.2) is 4.68 Å². The van der Waals surface area contributed by atoms with Crippen molar-refractivity contribution in [2.45, 2.75) is 33.7 Å². The topological polar surface area (TPSA) is 29.9 Å². The minimum atomic E-state index is 0.918. The summed E-state index contributed by atoms with van der Waals surface area (Å²) in [5, 5.41) is 7.81. The Balaban J connectivity index is 2.21. The van der Waals surface area contributed by atoms with Crippen molar-refractivity contribution in [1.82, 2.24) is 15.1 Å². The van der Waals surface area contributed by atoms with Crippen LogP contribution in [0.25, 0.3) is 5.69 Å². The number of nitrogens with zero attached hydrogens (tertiary/aromatic N) is 2. The summed E-state index contributed by atoms with van der Waals surface area (Å²) in [5.41, 5.74) is 4.90. The van der Waals surface area contributed by atoms with Crippen LogP contribution in [0.1, 0.15) is 30.0 Å². The second-order valence-electron chi connectivity index (χ2n) is 4.76. The molecule has 0 amide bonds. The van der Waals surface area contributed by atoms with Crippen LogP contribution in [0.2, 0.25) is 0 Å². The van der Waals surface area contributed by atoms with Gasteiger partial charge in [0.15, 0.2) is 0 Å². The van der Waals surface area contributed by atoms with Crippen LogP contribution in [0.3, 0.4) is 0 Å². The molecule has 0 atom stereocenters. The third-order valence-electron chi connectivity index (χ3n) is 2.99. The highest BCUT2D eigenvalue weighted by atomic mass is 15.3. The number of aryl methyl sites for hydroxylation is 2. The molecule has 1 aromatic heterocycles. The normalized spacial score (nSPS) is 10.8. The van der Waals surface area contributed by atoms with Gasteiger partial charge in [0.05, 0.1) is 11.9 Å². The van der Waals surface area contributed by atoms with Gasteiger partial charge in [-0.2, -0.15) is 5.10 Å². The molecule has 2 aromatic rings. The maximum atomic E-state index is 4.38. The van der Waals surface area contributed by atoms with Crippen LogP contribution < -0.4 is 5.32 Å². The van der Waals surface area contributed by atoms with Crippen molar-refractivity contribution in [2.24, 2.45) is 0 Å². The molecule has 2 rings (SSSR count). The van der Waals surface area contributed by atoms with Gasteiger partial charge in [0, 0.05) is 12.7 Å². The first-order chi connectivity index (χ1) is 8.70. The van der Waals surface area contributed by atoms with Gasteiger partial charge in [0.1, 0.15) is 0 Å². The van der Waals surface area contributed by atoms with E-state index in [4.69, 9.17) is 0 Å². The summed E-state index contributed by atoms with van der Waals surface area (Å²) < 4.78 is 1.95. The largest absolute Gasteiger partial charge is 0.313 e. The Labute approximate surface area is 109 Å². The van der Waals surface area contributed by atoms with Crippen molar-refractivity contribution in [2.75, 3.05) is 6.54 Å². The standard InChI is InChI=1S/C15H21N3/c1-4-7-16-10-14-6-5-13(3)15(8-14)18-11-12(2)9-17-18/h5-6,8-9,11,16H,4,7,10H2,1-3H3. The van der Waals surface area contributed by atoms with Crippen LogP contribution in [0.15, 0.2) is 30.6 Å². The molecule has 0 spiro atoms. The lowest BCUT2D eigenvalue weighted by Crippen LogP contribution is -2.14. The summed E-state index contributed by atoms with van der Waals surface area (Å²) in [6, 6.07) is 6.55. The number of aromatic nitrogens is 2. The minimum Gasteiger partial charge on any atom is -0.313 e. The van der Waals surface area contributed by atoms with E-state index in [1.165, 1.54) is 22.4 Å². The number of nitrogens with one attached hydrogen (secondary N) is 1. The molecule has 0 fully saturated rings. The van der Waals surface area contributed by atoms with E-state index >= 15 is 0 Å². The Morgan fingerprint density at radius 1 is 1.28 bits per heavy atom. The smallest absolute Gasteiger partial charge is 0.0678 e. The van der Waals surface area contributed by atoms with Gasteiger partial charge < -0.3 is 5.32 Å². The minimum absolute atomic E-state index is 0.918. The summed E-state index contributed by atoms with van der Waals surface area (Å²) in [6.45, 7) is 8.34. The van der Waals surface area contributed by atoms with Crippen LogP contribution in [-0.2, 0) is 6.54 Å². The molecular weight excluding hydrogens is 222 g/mol. The van der Waals surface area contributed by atoms with Gasteiger partial charge in [-0.1, -0.05) is 19.1 Å². The molecule has 0 aliphatic carbocycles. The predicted molar refractivity (Wildman–Crippen MR) is 75.0 cm³/mol. The van der Waals surface area contributed by atoms with Crippen LogP contribution in [0.5, 0.6) is 0 Å². The lowest BCUT2D eigenvalue weighted by molar-refractivity contribution is 0.674. The Morgan fingerprint density at radius 3 is 2.78 bits per heavy atom. The quantitative estimate of drug-likeness (QED) is 0.818. The monoisotopic (exact) mass is 243 g/mol. The fraction of sp³-hybridized carbons (Fsp3) is 0.400. The molecule has 3 heteroatoms. The van der Waals surface area contributed by atoms with Gasteiger partial charge in [0.25, 0.3) is 0 Å².